The molecule has 0 aromatic heterocycles. The van der Waals surface area contributed by atoms with Gasteiger partial charge in [0.05, 0.1) is 5.91 Å². The molecule has 3 unspecified atom stereocenters. The number of nitrogens with one attached hydrogen (secondary N) is 1. The van der Waals surface area contributed by atoms with Crippen molar-refractivity contribution < 1.29 is 30.6 Å². The molecule has 4 heteroatoms. The SMILES string of the molecule is CC1=[C-]C(C)C(C)=C1C.C[SiH]C.[Hf].[NH-]C(=O)C12CC3CC(CC1C3)C2. The van der Waals surface area contributed by atoms with E-state index in [0.717, 1.165) is 34.2 Å². The number of hydrogen-bond donors (Lipinski definition) is 0. The second-order valence-corrected chi connectivity index (χ2v) is 9.56. The van der Waals surface area contributed by atoms with Crippen LogP contribution in [0.2, 0.25) is 13.1 Å². The molecular weight excluding hydrogens is 489 g/mol. The van der Waals surface area contributed by atoms with Crippen LogP contribution in [0.1, 0.15) is 59.8 Å². The summed E-state index contributed by atoms with van der Waals surface area (Å²) in [5.74, 6) is 2.52. The van der Waals surface area contributed by atoms with Gasteiger partial charge in [-0.05, 0) is 49.9 Å². The summed E-state index contributed by atoms with van der Waals surface area (Å²) in [4.78, 5) is 11.3. The molecule has 0 aromatic carbocycles. The Morgan fingerprint density at radius 2 is 1.60 bits per heavy atom. The van der Waals surface area contributed by atoms with Gasteiger partial charge in [-0.2, -0.15) is 11.1 Å². The molecule has 4 fully saturated rings. The fourth-order valence-electron chi connectivity index (χ4n) is 5.33. The Morgan fingerprint density at radius 3 is 1.84 bits per heavy atom. The van der Waals surface area contributed by atoms with Crippen LogP contribution in [0, 0.1) is 35.2 Å². The Hall–Kier alpha value is 0.0370. The van der Waals surface area contributed by atoms with Gasteiger partial charge in [-0.3, -0.25) is 6.08 Å². The molecule has 0 aliphatic heterocycles. The Morgan fingerprint density at radius 1 is 1.12 bits per heavy atom. The Balaban J connectivity index is 0.000000216. The third-order valence-electron chi connectivity index (χ3n) is 6.68. The number of carbonyl (C=O) groups excluding carboxylic acids is 1. The van der Waals surface area contributed by atoms with Gasteiger partial charge < -0.3 is 10.5 Å². The molecule has 4 bridgehead atoms. The fourth-order valence-corrected chi connectivity index (χ4v) is 5.33. The van der Waals surface area contributed by atoms with E-state index < -0.39 is 0 Å². The molecule has 2 nitrogen and oxygen atoms in total. The molecular formula is C21H34HfNOSi-2. The van der Waals surface area contributed by atoms with Gasteiger partial charge in [0, 0.05) is 40.8 Å². The van der Waals surface area contributed by atoms with Crippen LogP contribution in [-0.2, 0) is 30.6 Å². The van der Waals surface area contributed by atoms with Crippen LogP contribution < -0.4 is 0 Å². The summed E-state index contributed by atoms with van der Waals surface area (Å²) >= 11 is 0. The summed E-state index contributed by atoms with van der Waals surface area (Å²) < 4.78 is 0. The quantitative estimate of drug-likeness (QED) is 0.325. The van der Waals surface area contributed by atoms with Gasteiger partial charge in [0.2, 0.25) is 0 Å². The van der Waals surface area contributed by atoms with Gasteiger partial charge in [-0.25, -0.2) is 5.57 Å². The molecule has 5 rings (SSSR count). The molecule has 1 radical (unpaired) electrons. The molecule has 0 saturated heterocycles. The van der Waals surface area contributed by atoms with E-state index in [2.05, 4.69) is 46.9 Å². The molecule has 1 amide bonds. The zero-order valence-electron chi connectivity index (χ0n) is 16.8. The number of carbonyl (C=O) groups is 1. The molecule has 0 spiro atoms. The Kier molecular flexibility index (Phi) is 8.58. The maximum absolute atomic E-state index is 11.3. The largest absolute Gasteiger partial charge is 0.667 e. The van der Waals surface area contributed by atoms with Gasteiger partial charge in [-0.15, -0.1) is 6.92 Å². The predicted octanol–water partition coefficient (Wildman–Crippen LogP) is 5.63. The third-order valence-corrected chi connectivity index (χ3v) is 6.68. The van der Waals surface area contributed by atoms with Crippen LogP contribution in [0.15, 0.2) is 16.7 Å². The van der Waals surface area contributed by atoms with E-state index in [1.165, 1.54) is 36.0 Å². The zero-order chi connectivity index (χ0) is 18.1. The monoisotopic (exact) mass is 524 g/mol. The van der Waals surface area contributed by atoms with Crippen molar-refractivity contribution in [2.24, 2.45) is 29.1 Å². The first-order chi connectivity index (χ1) is 11.2. The van der Waals surface area contributed by atoms with E-state index in [4.69, 9.17) is 5.73 Å². The summed E-state index contributed by atoms with van der Waals surface area (Å²) in [6.45, 7) is 13.1. The summed E-state index contributed by atoms with van der Waals surface area (Å²) in [5, 5.41) is 0. The normalized spacial score (nSPS) is 36.8. The smallest absolute Gasteiger partial charge is 0.0553 e. The van der Waals surface area contributed by atoms with Crippen molar-refractivity contribution in [3.05, 3.63) is 28.5 Å². The topological polar surface area (TPSA) is 40.9 Å². The summed E-state index contributed by atoms with van der Waals surface area (Å²) in [7, 11) is 0.750. The first kappa shape index (κ1) is 23.1. The van der Waals surface area contributed by atoms with Crippen LogP contribution in [0.4, 0.5) is 0 Å². The van der Waals surface area contributed by atoms with E-state index in [0.29, 0.717) is 11.8 Å². The number of hydrogen-bond acceptors (Lipinski definition) is 1. The second kappa shape index (κ2) is 9.30. The van der Waals surface area contributed by atoms with Crippen LogP contribution in [-0.4, -0.2) is 15.4 Å². The average molecular weight is 523 g/mol. The minimum atomic E-state index is -0.253. The summed E-state index contributed by atoms with van der Waals surface area (Å²) in [5.41, 5.74) is 11.5. The van der Waals surface area contributed by atoms with Crippen molar-refractivity contribution in [3.63, 3.8) is 0 Å². The van der Waals surface area contributed by atoms with E-state index in [1.54, 1.807) is 0 Å². The molecule has 4 saturated carbocycles. The number of rotatable bonds is 1. The molecule has 1 N–H and O–H groups in total. The van der Waals surface area contributed by atoms with E-state index in [1.807, 2.05) is 0 Å². The van der Waals surface area contributed by atoms with Crippen molar-refractivity contribution in [2.45, 2.75) is 72.9 Å². The van der Waals surface area contributed by atoms with Gasteiger partial charge in [0.1, 0.15) is 0 Å². The first-order valence-corrected chi connectivity index (χ1v) is 11.8. The zero-order valence-corrected chi connectivity index (χ0v) is 21.6. The van der Waals surface area contributed by atoms with Crippen LogP contribution >= 0.6 is 0 Å². The summed E-state index contributed by atoms with van der Waals surface area (Å²) in [6.07, 6.45) is 9.32. The molecule has 5 aliphatic rings. The third kappa shape index (κ3) is 4.66. The maximum atomic E-state index is 11.3. The van der Waals surface area contributed by atoms with Crippen LogP contribution in [0.5, 0.6) is 0 Å². The van der Waals surface area contributed by atoms with Crippen molar-refractivity contribution >= 4 is 15.4 Å². The molecule has 5 aliphatic carbocycles. The molecule has 0 aromatic rings. The first-order valence-electron chi connectivity index (χ1n) is 9.53. The minimum absolute atomic E-state index is 0. The number of amides is 1. The predicted molar refractivity (Wildman–Crippen MR) is 104 cm³/mol. The fraction of sp³-hybridized carbons (Fsp3) is 0.762. The van der Waals surface area contributed by atoms with Crippen LogP contribution in [0.3, 0.4) is 0 Å². The van der Waals surface area contributed by atoms with Crippen molar-refractivity contribution in [2.75, 3.05) is 0 Å². The standard InChI is InChI=1S/C10H15NO.C9H13.C2H7Si.Hf/c11-9(12)10-4-6-1-7(5-10)3-8(10)2-6;1-6-5-7(2)9(4)8(6)3;1-3-2;/h6-8H,1-5H2,(H2,11,12);6H,1-4H3;3H,1-2H3;/q;-1;;/p-1. The molecule has 25 heavy (non-hydrogen) atoms. The summed E-state index contributed by atoms with van der Waals surface area (Å²) in [6, 6.07) is 0. The molecule has 0 heterocycles. The van der Waals surface area contributed by atoms with Gasteiger partial charge in [-0.1, -0.05) is 39.8 Å². The van der Waals surface area contributed by atoms with E-state index in [-0.39, 0.29) is 37.2 Å². The van der Waals surface area contributed by atoms with E-state index in [9.17, 15) is 4.79 Å². The Bertz CT molecular complexity index is 540. The molecule has 139 valence electrons. The molecule has 3 atom stereocenters. The van der Waals surface area contributed by atoms with Gasteiger partial charge in [0.25, 0.3) is 0 Å². The minimum Gasteiger partial charge on any atom is -0.667 e. The Labute approximate surface area is 176 Å². The van der Waals surface area contributed by atoms with Gasteiger partial charge >= 0.3 is 0 Å². The van der Waals surface area contributed by atoms with Crippen molar-refractivity contribution in [3.8, 4) is 0 Å². The van der Waals surface area contributed by atoms with Crippen molar-refractivity contribution in [1.29, 1.82) is 0 Å². The number of allylic oxidation sites excluding steroid dienone is 4. The second-order valence-electron chi connectivity index (χ2n) is 8.41. The van der Waals surface area contributed by atoms with E-state index >= 15 is 0 Å². The van der Waals surface area contributed by atoms with Crippen LogP contribution in [0.25, 0.3) is 5.73 Å². The maximum Gasteiger partial charge on any atom is 0.0553 e. The average Bonchev–Trinajstić information content (AvgIpc) is 3.01. The van der Waals surface area contributed by atoms with Crippen molar-refractivity contribution in [1.82, 2.24) is 0 Å². The van der Waals surface area contributed by atoms with Gasteiger partial charge in [0.15, 0.2) is 0 Å².